The molecule has 0 spiro atoms. The van der Waals surface area contributed by atoms with Crippen LogP contribution >= 0.6 is 0 Å². The minimum Gasteiger partial charge on any atom is -0.314 e. The van der Waals surface area contributed by atoms with Crippen molar-refractivity contribution in [2.75, 3.05) is 7.05 Å². The van der Waals surface area contributed by atoms with Crippen molar-refractivity contribution in [3.05, 3.63) is 12.7 Å². The predicted octanol–water partition coefficient (Wildman–Crippen LogP) is 2.98. The number of hydrogen-bond donors (Lipinski definition) is 1. The van der Waals surface area contributed by atoms with Crippen molar-refractivity contribution >= 4 is 0 Å². The third-order valence-corrected chi connectivity index (χ3v) is 3.63. The molecule has 0 aromatic heterocycles. The van der Waals surface area contributed by atoms with Crippen LogP contribution in [0.1, 0.15) is 39.5 Å². The Morgan fingerprint density at radius 1 is 1.54 bits per heavy atom. The van der Waals surface area contributed by atoms with E-state index in [2.05, 4.69) is 38.9 Å². The molecule has 0 bridgehead atoms. The third kappa shape index (κ3) is 2.14. The quantitative estimate of drug-likeness (QED) is 0.657. The van der Waals surface area contributed by atoms with Crippen LogP contribution in [0.2, 0.25) is 0 Å². The highest BCUT2D eigenvalue weighted by Gasteiger charge is 2.40. The summed E-state index contributed by atoms with van der Waals surface area (Å²) in [5.41, 5.74) is 0.410. The average Bonchev–Trinajstić information content (AvgIpc) is 2.44. The standard InChI is InChI=1S/C12H23N/c1-5-7-12(13-4)8-10(3)11(6-2)9-12/h6,10-11,13H,2,5,7-9H2,1,3-4H3. The monoisotopic (exact) mass is 181 g/mol. The van der Waals surface area contributed by atoms with E-state index in [1.165, 1.54) is 25.7 Å². The maximum Gasteiger partial charge on any atom is 0.0186 e. The fourth-order valence-electron chi connectivity index (χ4n) is 2.83. The topological polar surface area (TPSA) is 12.0 Å². The van der Waals surface area contributed by atoms with Gasteiger partial charge in [-0.1, -0.05) is 26.3 Å². The van der Waals surface area contributed by atoms with E-state index in [-0.39, 0.29) is 0 Å². The van der Waals surface area contributed by atoms with Crippen molar-refractivity contribution in [2.45, 2.75) is 45.1 Å². The largest absolute Gasteiger partial charge is 0.314 e. The van der Waals surface area contributed by atoms with Crippen molar-refractivity contribution in [1.82, 2.24) is 5.32 Å². The molecule has 1 saturated carbocycles. The first-order chi connectivity index (χ1) is 6.17. The Hall–Kier alpha value is -0.300. The molecule has 1 aliphatic rings. The summed E-state index contributed by atoms with van der Waals surface area (Å²) in [6, 6.07) is 0. The Bertz CT molecular complexity index is 176. The van der Waals surface area contributed by atoms with Gasteiger partial charge in [-0.25, -0.2) is 0 Å². The Morgan fingerprint density at radius 3 is 2.62 bits per heavy atom. The summed E-state index contributed by atoms with van der Waals surface area (Å²) in [5.74, 6) is 1.52. The maximum absolute atomic E-state index is 3.93. The Balaban J connectivity index is 2.65. The van der Waals surface area contributed by atoms with Gasteiger partial charge in [-0.05, 0) is 38.1 Å². The molecule has 0 saturated heterocycles. The fraction of sp³-hybridized carbons (Fsp3) is 0.833. The molecular weight excluding hydrogens is 158 g/mol. The normalized spacial score (nSPS) is 39.3. The molecule has 3 unspecified atom stereocenters. The molecule has 1 aliphatic carbocycles. The van der Waals surface area contributed by atoms with Crippen LogP contribution in [-0.4, -0.2) is 12.6 Å². The molecule has 0 heterocycles. The summed E-state index contributed by atoms with van der Waals surface area (Å²) in [6.45, 7) is 8.54. The lowest BCUT2D eigenvalue weighted by molar-refractivity contribution is 0.318. The molecule has 3 atom stereocenters. The van der Waals surface area contributed by atoms with Gasteiger partial charge in [0.2, 0.25) is 0 Å². The first-order valence-electron chi connectivity index (χ1n) is 5.49. The molecule has 1 fully saturated rings. The Kier molecular flexibility index (Phi) is 3.55. The summed E-state index contributed by atoms with van der Waals surface area (Å²) in [6.07, 6.45) is 7.31. The van der Waals surface area contributed by atoms with E-state index in [9.17, 15) is 0 Å². The van der Waals surface area contributed by atoms with E-state index in [4.69, 9.17) is 0 Å². The van der Waals surface area contributed by atoms with E-state index in [0.29, 0.717) is 5.54 Å². The van der Waals surface area contributed by atoms with Crippen LogP contribution < -0.4 is 5.32 Å². The second-order valence-electron chi connectivity index (χ2n) is 4.57. The van der Waals surface area contributed by atoms with Gasteiger partial charge in [-0.15, -0.1) is 6.58 Å². The molecule has 0 radical (unpaired) electrons. The number of allylic oxidation sites excluding steroid dienone is 1. The molecule has 0 aliphatic heterocycles. The zero-order valence-corrected chi connectivity index (χ0v) is 9.27. The molecule has 13 heavy (non-hydrogen) atoms. The lowest BCUT2D eigenvalue weighted by Crippen LogP contribution is -2.40. The van der Waals surface area contributed by atoms with Gasteiger partial charge in [0.25, 0.3) is 0 Å². The highest BCUT2D eigenvalue weighted by Crippen LogP contribution is 2.41. The zero-order chi connectivity index (χ0) is 9.90. The van der Waals surface area contributed by atoms with E-state index >= 15 is 0 Å². The first kappa shape index (κ1) is 10.8. The van der Waals surface area contributed by atoms with Crippen molar-refractivity contribution in [3.63, 3.8) is 0 Å². The van der Waals surface area contributed by atoms with Crippen LogP contribution in [0.25, 0.3) is 0 Å². The van der Waals surface area contributed by atoms with Crippen molar-refractivity contribution in [1.29, 1.82) is 0 Å². The fourth-order valence-corrected chi connectivity index (χ4v) is 2.83. The van der Waals surface area contributed by atoms with Crippen LogP contribution in [0.15, 0.2) is 12.7 Å². The summed E-state index contributed by atoms with van der Waals surface area (Å²) >= 11 is 0. The summed E-state index contributed by atoms with van der Waals surface area (Å²) in [4.78, 5) is 0. The molecule has 0 aromatic carbocycles. The number of rotatable bonds is 4. The number of nitrogens with one attached hydrogen (secondary N) is 1. The van der Waals surface area contributed by atoms with Gasteiger partial charge in [0.05, 0.1) is 0 Å². The van der Waals surface area contributed by atoms with Gasteiger partial charge in [-0.3, -0.25) is 0 Å². The highest BCUT2D eigenvalue weighted by atomic mass is 14.9. The highest BCUT2D eigenvalue weighted by molar-refractivity contribution is 5.02. The molecule has 1 N–H and O–H groups in total. The lowest BCUT2D eigenvalue weighted by atomic mass is 9.91. The van der Waals surface area contributed by atoms with Gasteiger partial charge in [-0.2, -0.15) is 0 Å². The minimum absolute atomic E-state index is 0.410. The Morgan fingerprint density at radius 2 is 2.23 bits per heavy atom. The molecule has 1 nitrogen and oxygen atoms in total. The predicted molar refractivity (Wildman–Crippen MR) is 58.8 cm³/mol. The van der Waals surface area contributed by atoms with Gasteiger partial charge in [0, 0.05) is 5.54 Å². The van der Waals surface area contributed by atoms with E-state index in [1.54, 1.807) is 0 Å². The maximum atomic E-state index is 3.93. The van der Waals surface area contributed by atoms with Crippen molar-refractivity contribution in [3.8, 4) is 0 Å². The summed E-state index contributed by atoms with van der Waals surface area (Å²) in [5, 5.41) is 3.53. The molecular formula is C12H23N. The van der Waals surface area contributed by atoms with Crippen LogP contribution in [-0.2, 0) is 0 Å². The SMILES string of the molecule is C=CC1CC(CCC)(NC)CC1C. The van der Waals surface area contributed by atoms with Crippen LogP contribution in [0, 0.1) is 11.8 Å². The zero-order valence-electron chi connectivity index (χ0n) is 9.27. The van der Waals surface area contributed by atoms with Crippen molar-refractivity contribution in [2.24, 2.45) is 11.8 Å². The van der Waals surface area contributed by atoms with Crippen molar-refractivity contribution < 1.29 is 0 Å². The van der Waals surface area contributed by atoms with Crippen LogP contribution in [0.3, 0.4) is 0 Å². The van der Waals surface area contributed by atoms with E-state index in [1.807, 2.05) is 0 Å². The minimum atomic E-state index is 0.410. The summed E-state index contributed by atoms with van der Waals surface area (Å²) in [7, 11) is 2.11. The summed E-state index contributed by atoms with van der Waals surface area (Å²) < 4.78 is 0. The van der Waals surface area contributed by atoms with Gasteiger partial charge in [0.15, 0.2) is 0 Å². The van der Waals surface area contributed by atoms with Gasteiger partial charge < -0.3 is 5.32 Å². The second-order valence-corrected chi connectivity index (χ2v) is 4.57. The van der Waals surface area contributed by atoms with Gasteiger partial charge >= 0.3 is 0 Å². The van der Waals surface area contributed by atoms with E-state index < -0.39 is 0 Å². The smallest absolute Gasteiger partial charge is 0.0186 e. The van der Waals surface area contributed by atoms with E-state index in [0.717, 1.165) is 11.8 Å². The lowest BCUT2D eigenvalue weighted by Gasteiger charge is -2.28. The molecule has 1 rings (SSSR count). The molecule has 76 valence electrons. The average molecular weight is 181 g/mol. The van der Waals surface area contributed by atoms with Crippen LogP contribution in [0.4, 0.5) is 0 Å². The Labute approximate surface area is 82.6 Å². The molecule has 0 amide bonds. The third-order valence-electron chi connectivity index (χ3n) is 3.63. The second kappa shape index (κ2) is 4.28. The molecule has 1 heteroatoms. The number of hydrogen-bond acceptors (Lipinski definition) is 1. The van der Waals surface area contributed by atoms with Crippen LogP contribution in [0.5, 0.6) is 0 Å². The molecule has 0 aromatic rings. The first-order valence-corrected chi connectivity index (χ1v) is 5.49. The van der Waals surface area contributed by atoms with Gasteiger partial charge in [0.1, 0.15) is 0 Å².